The van der Waals surface area contributed by atoms with Crippen LogP contribution in [0.5, 0.6) is 0 Å². The van der Waals surface area contributed by atoms with Gasteiger partial charge in [0.15, 0.2) is 0 Å². The Labute approximate surface area is 95.7 Å². The fraction of sp³-hybridized carbons (Fsp3) is 0.308. The largest absolute Gasteiger partial charge is 0.369 e. The van der Waals surface area contributed by atoms with Gasteiger partial charge in [-0.3, -0.25) is 0 Å². The molecule has 0 aliphatic heterocycles. The second-order valence-corrected chi connectivity index (χ2v) is 4.20. The summed E-state index contributed by atoms with van der Waals surface area (Å²) in [5.74, 6) is 0.888. The highest BCUT2D eigenvalue weighted by Gasteiger charge is 2.01. The first-order chi connectivity index (χ1) is 7.66. The predicted molar refractivity (Wildman–Crippen MR) is 68.6 cm³/mol. The van der Waals surface area contributed by atoms with Crippen molar-refractivity contribution in [1.29, 1.82) is 0 Å². The molecule has 1 aromatic carbocycles. The number of nitrogens with zero attached hydrogens (tertiary/aromatic N) is 1. The van der Waals surface area contributed by atoms with Gasteiger partial charge in [0.05, 0.1) is 5.52 Å². The molecule has 1 heterocycles. The van der Waals surface area contributed by atoms with Crippen molar-refractivity contribution in [3.63, 3.8) is 0 Å². The van der Waals surface area contributed by atoms with Crippen LogP contribution < -0.4 is 11.1 Å². The average Bonchev–Trinajstić information content (AvgIpc) is 2.27. The molecule has 0 spiro atoms. The number of para-hydroxylation sites is 1. The Kier molecular flexibility index (Phi) is 3.06. The van der Waals surface area contributed by atoms with E-state index in [4.69, 9.17) is 5.73 Å². The van der Waals surface area contributed by atoms with Crippen LogP contribution in [0, 0.1) is 6.92 Å². The molecule has 1 unspecified atom stereocenters. The van der Waals surface area contributed by atoms with Crippen molar-refractivity contribution >= 4 is 16.7 Å². The number of rotatable bonds is 3. The van der Waals surface area contributed by atoms with Crippen molar-refractivity contribution < 1.29 is 0 Å². The number of nitrogens with one attached hydrogen (secondary N) is 1. The first-order valence-corrected chi connectivity index (χ1v) is 5.52. The van der Waals surface area contributed by atoms with Gasteiger partial charge in [-0.1, -0.05) is 18.2 Å². The Bertz CT molecular complexity index is 492. The van der Waals surface area contributed by atoms with Gasteiger partial charge in [-0.05, 0) is 31.5 Å². The SMILES string of the molecule is Cc1cccc2ccc(NCC(C)N)nc12. The lowest BCUT2D eigenvalue weighted by Gasteiger charge is -2.09. The summed E-state index contributed by atoms with van der Waals surface area (Å²) in [7, 11) is 0. The minimum Gasteiger partial charge on any atom is -0.369 e. The first-order valence-electron chi connectivity index (χ1n) is 5.52. The van der Waals surface area contributed by atoms with Crippen LogP contribution in [0.1, 0.15) is 12.5 Å². The molecule has 3 nitrogen and oxygen atoms in total. The molecule has 2 aromatic rings. The summed E-state index contributed by atoms with van der Waals surface area (Å²) in [4.78, 5) is 4.58. The molecule has 0 amide bonds. The molecule has 2 rings (SSSR count). The summed E-state index contributed by atoms with van der Waals surface area (Å²) in [6, 6.07) is 10.4. The van der Waals surface area contributed by atoms with Gasteiger partial charge in [-0.15, -0.1) is 0 Å². The third-order valence-electron chi connectivity index (χ3n) is 2.53. The summed E-state index contributed by atoms with van der Waals surface area (Å²) in [6.07, 6.45) is 0. The van der Waals surface area contributed by atoms with Crippen LogP contribution in [0.25, 0.3) is 10.9 Å². The summed E-state index contributed by atoms with van der Waals surface area (Å²) >= 11 is 0. The molecule has 0 saturated carbocycles. The van der Waals surface area contributed by atoms with Gasteiger partial charge in [0.2, 0.25) is 0 Å². The lowest BCUT2D eigenvalue weighted by Crippen LogP contribution is -2.25. The Morgan fingerprint density at radius 2 is 2.12 bits per heavy atom. The third kappa shape index (κ3) is 2.31. The smallest absolute Gasteiger partial charge is 0.126 e. The molecular formula is C13H17N3. The second-order valence-electron chi connectivity index (χ2n) is 4.20. The summed E-state index contributed by atoms with van der Waals surface area (Å²) in [6.45, 7) is 4.79. The van der Waals surface area contributed by atoms with Crippen LogP contribution in [-0.4, -0.2) is 17.6 Å². The van der Waals surface area contributed by atoms with Gasteiger partial charge in [0.25, 0.3) is 0 Å². The fourth-order valence-corrected chi connectivity index (χ4v) is 1.66. The molecule has 3 heteroatoms. The van der Waals surface area contributed by atoms with Gasteiger partial charge in [-0.2, -0.15) is 0 Å². The van der Waals surface area contributed by atoms with Crippen LogP contribution in [-0.2, 0) is 0 Å². The molecule has 0 radical (unpaired) electrons. The maximum atomic E-state index is 5.69. The maximum absolute atomic E-state index is 5.69. The van der Waals surface area contributed by atoms with Crippen LogP contribution in [0.3, 0.4) is 0 Å². The quantitative estimate of drug-likeness (QED) is 0.826. The number of aryl methyl sites for hydroxylation is 1. The fourth-order valence-electron chi connectivity index (χ4n) is 1.66. The molecule has 84 valence electrons. The van der Waals surface area contributed by atoms with Crippen molar-refractivity contribution in [2.45, 2.75) is 19.9 Å². The van der Waals surface area contributed by atoms with Crippen molar-refractivity contribution in [2.24, 2.45) is 5.73 Å². The highest BCUT2D eigenvalue weighted by atomic mass is 15.0. The van der Waals surface area contributed by atoms with E-state index in [1.54, 1.807) is 0 Å². The van der Waals surface area contributed by atoms with Gasteiger partial charge >= 0.3 is 0 Å². The minimum absolute atomic E-state index is 0.134. The lowest BCUT2D eigenvalue weighted by atomic mass is 10.1. The molecule has 1 atom stereocenters. The number of nitrogens with two attached hydrogens (primary N) is 1. The van der Waals surface area contributed by atoms with Gasteiger partial charge < -0.3 is 11.1 Å². The zero-order valence-electron chi connectivity index (χ0n) is 9.70. The van der Waals surface area contributed by atoms with E-state index < -0.39 is 0 Å². The lowest BCUT2D eigenvalue weighted by molar-refractivity contribution is 0.778. The Balaban J connectivity index is 2.32. The molecule has 1 aromatic heterocycles. The monoisotopic (exact) mass is 215 g/mol. The number of pyridine rings is 1. The normalized spacial score (nSPS) is 12.7. The molecule has 0 fully saturated rings. The molecule has 0 aliphatic rings. The molecule has 0 aliphatic carbocycles. The molecule has 0 saturated heterocycles. The topological polar surface area (TPSA) is 50.9 Å². The molecule has 0 bridgehead atoms. The standard InChI is InChI=1S/C13H17N3/c1-9-4-3-5-11-6-7-12(16-13(9)11)15-8-10(2)14/h3-7,10H,8,14H2,1-2H3,(H,15,16). The molecule has 3 N–H and O–H groups in total. The Morgan fingerprint density at radius 3 is 2.88 bits per heavy atom. The summed E-state index contributed by atoms with van der Waals surface area (Å²) < 4.78 is 0. The average molecular weight is 215 g/mol. The van der Waals surface area contributed by atoms with E-state index >= 15 is 0 Å². The Morgan fingerprint density at radius 1 is 1.31 bits per heavy atom. The number of fused-ring (bicyclic) bond motifs is 1. The van der Waals surface area contributed by atoms with Crippen molar-refractivity contribution in [3.8, 4) is 0 Å². The summed E-state index contributed by atoms with van der Waals surface area (Å²) in [5, 5.41) is 4.40. The number of benzene rings is 1. The first kappa shape index (κ1) is 10.9. The minimum atomic E-state index is 0.134. The van der Waals surface area contributed by atoms with E-state index in [0.717, 1.165) is 17.9 Å². The number of hydrogen-bond acceptors (Lipinski definition) is 3. The zero-order valence-corrected chi connectivity index (χ0v) is 9.70. The van der Waals surface area contributed by atoms with Crippen molar-refractivity contribution in [2.75, 3.05) is 11.9 Å². The van der Waals surface area contributed by atoms with Crippen LogP contribution in [0.4, 0.5) is 5.82 Å². The molecule has 16 heavy (non-hydrogen) atoms. The number of hydrogen-bond donors (Lipinski definition) is 2. The van der Waals surface area contributed by atoms with Crippen LogP contribution >= 0.6 is 0 Å². The Hall–Kier alpha value is -1.61. The van der Waals surface area contributed by atoms with E-state index in [0.29, 0.717) is 0 Å². The maximum Gasteiger partial charge on any atom is 0.126 e. The van der Waals surface area contributed by atoms with Crippen LogP contribution in [0.15, 0.2) is 30.3 Å². The van der Waals surface area contributed by atoms with E-state index in [2.05, 4.69) is 41.5 Å². The van der Waals surface area contributed by atoms with Crippen molar-refractivity contribution in [3.05, 3.63) is 35.9 Å². The van der Waals surface area contributed by atoms with Gasteiger partial charge in [0, 0.05) is 18.0 Å². The molecular weight excluding hydrogens is 198 g/mol. The number of anilines is 1. The predicted octanol–water partition coefficient (Wildman–Crippen LogP) is 2.30. The van der Waals surface area contributed by atoms with Gasteiger partial charge in [-0.25, -0.2) is 4.98 Å². The third-order valence-corrected chi connectivity index (χ3v) is 2.53. The van der Waals surface area contributed by atoms with Crippen molar-refractivity contribution in [1.82, 2.24) is 4.98 Å². The summed E-state index contributed by atoms with van der Waals surface area (Å²) in [5.41, 5.74) is 7.94. The van der Waals surface area contributed by atoms with E-state index in [1.165, 1.54) is 10.9 Å². The van der Waals surface area contributed by atoms with E-state index in [9.17, 15) is 0 Å². The zero-order chi connectivity index (χ0) is 11.5. The van der Waals surface area contributed by atoms with E-state index in [1.807, 2.05) is 13.0 Å². The highest BCUT2D eigenvalue weighted by molar-refractivity contribution is 5.83. The van der Waals surface area contributed by atoms with Crippen LogP contribution in [0.2, 0.25) is 0 Å². The highest BCUT2D eigenvalue weighted by Crippen LogP contribution is 2.18. The van der Waals surface area contributed by atoms with E-state index in [-0.39, 0.29) is 6.04 Å². The van der Waals surface area contributed by atoms with Gasteiger partial charge in [0.1, 0.15) is 5.82 Å². The number of aromatic nitrogens is 1. The second kappa shape index (κ2) is 4.49.